The summed E-state index contributed by atoms with van der Waals surface area (Å²) >= 11 is 0. The number of benzene rings is 1. The van der Waals surface area contributed by atoms with Crippen LogP contribution in [0, 0.1) is 11.3 Å². The molecule has 1 aliphatic carbocycles. The molecule has 1 saturated heterocycles. The van der Waals surface area contributed by atoms with Crippen LogP contribution in [0.4, 0.5) is 0 Å². The van der Waals surface area contributed by atoms with Crippen LogP contribution in [-0.2, 0) is 4.79 Å². The quantitative estimate of drug-likeness (QED) is 0.481. The molecule has 3 heterocycles. The van der Waals surface area contributed by atoms with E-state index in [0.717, 1.165) is 48.9 Å². The van der Waals surface area contributed by atoms with Gasteiger partial charge in [-0.3, -0.25) is 14.8 Å². The third kappa shape index (κ3) is 4.40. The standard InChI is InChI=1S/C30H33N5O/c31-19-22-8-4-9-23(18-22)29(28(24-10-5-15-33-20-24)25-11-6-16-34-21-25)35(26-12-2-1-3-13-26)17-7-14-27(35)30(32)36/h4-6,8-11,15-16,18,20-21,26-29H,1-3,7,12-14,17H2,(H-,32,36)/p+1/t27-,29?,35?/m0/s1. The third-order valence-electron chi connectivity index (χ3n) is 8.46. The molecule has 6 heteroatoms. The maximum atomic E-state index is 13.1. The number of hydrogen-bond acceptors (Lipinski definition) is 4. The lowest BCUT2D eigenvalue weighted by Crippen LogP contribution is -2.65. The Hall–Kier alpha value is -3.56. The van der Waals surface area contributed by atoms with Crippen molar-refractivity contribution in [3.8, 4) is 6.07 Å². The van der Waals surface area contributed by atoms with Gasteiger partial charge >= 0.3 is 0 Å². The molecule has 6 nitrogen and oxygen atoms in total. The molecule has 2 unspecified atom stereocenters. The summed E-state index contributed by atoms with van der Waals surface area (Å²) in [5.41, 5.74) is 10.1. The van der Waals surface area contributed by atoms with Gasteiger partial charge in [-0.2, -0.15) is 5.26 Å². The zero-order chi connectivity index (χ0) is 25.0. The number of carbonyl (C=O) groups is 1. The summed E-state index contributed by atoms with van der Waals surface area (Å²) in [7, 11) is 0. The normalized spacial score (nSPS) is 23.3. The van der Waals surface area contributed by atoms with E-state index in [0.29, 0.717) is 16.1 Å². The smallest absolute Gasteiger partial charge is 0.275 e. The fourth-order valence-electron chi connectivity index (χ4n) is 7.11. The minimum Gasteiger partial charge on any atom is -0.365 e. The summed E-state index contributed by atoms with van der Waals surface area (Å²) in [5.74, 6) is -0.307. The molecular formula is C30H34N5O+. The van der Waals surface area contributed by atoms with Crippen molar-refractivity contribution in [1.29, 1.82) is 5.26 Å². The van der Waals surface area contributed by atoms with E-state index in [4.69, 9.17) is 5.73 Å². The molecule has 0 bridgehead atoms. The highest BCUT2D eigenvalue weighted by Crippen LogP contribution is 2.52. The molecule has 3 atom stereocenters. The van der Waals surface area contributed by atoms with Gasteiger partial charge in [0.15, 0.2) is 6.04 Å². The number of hydrogen-bond donors (Lipinski definition) is 1. The van der Waals surface area contributed by atoms with Crippen molar-refractivity contribution < 1.29 is 9.28 Å². The highest BCUT2D eigenvalue weighted by molar-refractivity contribution is 5.79. The van der Waals surface area contributed by atoms with E-state index in [1.54, 1.807) is 12.4 Å². The lowest BCUT2D eigenvalue weighted by atomic mass is 9.77. The highest BCUT2D eigenvalue weighted by Gasteiger charge is 2.57. The topological polar surface area (TPSA) is 92.7 Å². The Kier molecular flexibility index (Phi) is 7.11. The van der Waals surface area contributed by atoms with Gasteiger partial charge in [-0.1, -0.05) is 30.7 Å². The number of nitrogens with two attached hydrogens (primary N) is 1. The number of primary amides is 1. The van der Waals surface area contributed by atoms with Crippen molar-refractivity contribution in [3.63, 3.8) is 0 Å². The van der Waals surface area contributed by atoms with Crippen LogP contribution in [0.1, 0.15) is 79.2 Å². The van der Waals surface area contributed by atoms with Gasteiger partial charge in [-0.15, -0.1) is 0 Å². The number of carbonyl (C=O) groups excluding carboxylic acids is 1. The maximum absolute atomic E-state index is 13.1. The molecule has 36 heavy (non-hydrogen) atoms. The van der Waals surface area contributed by atoms with E-state index in [1.807, 2.05) is 42.7 Å². The Morgan fingerprint density at radius 1 is 0.917 bits per heavy atom. The highest BCUT2D eigenvalue weighted by atomic mass is 16.1. The van der Waals surface area contributed by atoms with Crippen LogP contribution in [0.15, 0.2) is 73.3 Å². The summed E-state index contributed by atoms with van der Waals surface area (Å²) in [6.07, 6.45) is 15.0. The maximum Gasteiger partial charge on any atom is 0.275 e. The predicted octanol–water partition coefficient (Wildman–Crippen LogP) is 5.02. The minimum absolute atomic E-state index is 0.0942. The molecule has 2 aromatic heterocycles. The van der Waals surface area contributed by atoms with Gasteiger partial charge in [-0.25, -0.2) is 0 Å². The van der Waals surface area contributed by atoms with E-state index in [-0.39, 0.29) is 23.9 Å². The number of nitrogens with zero attached hydrogens (tertiary/aromatic N) is 4. The average Bonchev–Trinajstić information content (AvgIpc) is 3.39. The first kappa shape index (κ1) is 24.1. The molecule has 1 aromatic carbocycles. The van der Waals surface area contributed by atoms with Crippen LogP contribution >= 0.6 is 0 Å². The number of likely N-dealkylation sites (tertiary alicyclic amines) is 1. The molecule has 5 rings (SSSR count). The molecule has 2 N–H and O–H groups in total. The lowest BCUT2D eigenvalue weighted by molar-refractivity contribution is -0.984. The molecule has 3 aromatic rings. The monoisotopic (exact) mass is 480 g/mol. The predicted molar refractivity (Wildman–Crippen MR) is 138 cm³/mol. The van der Waals surface area contributed by atoms with Crippen LogP contribution < -0.4 is 5.73 Å². The van der Waals surface area contributed by atoms with Gasteiger partial charge in [0, 0.05) is 43.2 Å². The summed E-state index contributed by atoms with van der Waals surface area (Å²) in [4.78, 5) is 22.1. The molecule has 1 saturated carbocycles. The largest absolute Gasteiger partial charge is 0.365 e. The number of pyridine rings is 2. The Labute approximate surface area is 213 Å². The summed E-state index contributed by atoms with van der Waals surface area (Å²) in [6.45, 7) is 0.900. The average molecular weight is 481 g/mol. The summed E-state index contributed by atoms with van der Waals surface area (Å²) in [6, 6.07) is 18.5. The van der Waals surface area contributed by atoms with Gasteiger partial charge in [0.05, 0.1) is 30.1 Å². The number of quaternary nitrogens is 1. The second kappa shape index (κ2) is 10.6. The van der Waals surface area contributed by atoms with Gasteiger partial charge in [0.25, 0.3) is 5.91 Å². The Bertz CT molecular complexity index is 1180. The fourth-order valence-corrected chi connectivity index (χ4v) is 7.11. The molecule has 0 spiro atoms. The van der Waals surface area contributed by atoms with Gasteiger partial charge in [0.1, 0.15) is 6.04 Å². The first-order chi connectivity index (χ1) is 17.6. The van der Waals surface area contributed by atoms with E-state index >= 15 is 0 Å². The zero-order valence-corrected chi connectivity index (χ0v) is 20.7. The SMILES string of the molecule is N#Cc1cccc(C(C(c2cccnc2)c2cccnc2)[N+]2(C3CCCCC3)CCC[C@H]2C(N)=O)c1. The van der Waals surface area contributed by atoms with E-state index in [1.165, 1.54) is 19.3 Å². The molecular weight excluding hydrogens is 446 g/mol. The molecule has 1 amide bonds. The van der Waals surface area contributed by atoms with Gasteiger partial charge in [-0.05, 0) is 61.1 Å². The number of rotatable bonds is 7. The molecule has 1 aliphatic heterocycles. The molecule has 2 fully saturated rings. The zero-order valence-electron chi connectivity index (χ0n) is 20.7. The van der Waals surface area contributed by atoms with E-state index < -0.39 is 0 Å². The van der Waals surface area contributed by atoms with E-state index in [2.05, 4.69) is 34.2 Å². The van der Waals surface area contributed by atoms with Gasteiger partial charge < -0.3 is 10.2 Å². The fraction of sp³-hybridized carbons (Fsp3) is 0.400. The lowest BCUT2D eigenvalue weighted by Gasteiger charge is -2.54. The van der Waals surface area contributed by atoms with Crippen LogP contribution in [0.25, 0.3) is 0 Å². The first-order valence-corrected chi connectivity index (χ1v) is 13.1. The first-order valence-electron chi connectivity index (χ1n) is 13.1. The number of amides is 1. The number of nitriles is 1. The minimum atomic E-state index is -0.264. The second-order valence-corrected chi connectivity index (χ2v) is 10.3. The van der Waals surface area contributed by atoms with E-state index in [9.17, 15) is 10.1 Å². The van der Waals surface area contributed by atoms with Crippen LogP contribution in [0.2, 0.25) is 0 Å². The molecule has 184 valence electrons. The number of aromatic nitrogens is 2. The van der Waals surface area contributed by atoms with Crippen LogP contribution in [0.3, 0.4) is 0 Å². The third-order valence-corrected chi connectivity index (χ3v) is 8.46. The molecule has 0 radical (unpaired) electrons. The van der Waals surface area contributed by atoms with Crippen molar-refractivity contribution in [1.82, 2.24) is 9.97 Å². The van der Waals surface area contributed by atoms with Crippen molar-refractivity contribution in [2.24, 2.45) is 5.73 Å². The Balaban J connectivity index is 1.81. The Morgan fingerprint density at radius 2 is 1.58 bits per heavy atom. The molecule has 2 aliphatic rings. The van der Waals surface area contributed by atoms with Crippen molar-refractivity contribution in [3.05, 3.63) is 95.6 Å². The van der Waals surface area contributed by atoms with Crippen LogP contribution in [0.5, 0.6) is 0 Å². The van der Waals surface area contributed by atoms with Crippen molar-refractivity contribution in [2.75, 3.05) is 6.54 Å². The summed E-state index contributed by atoms with van der Waals surface area (Å²) in [5, 5.41) is 9.79. The summed E-state index contributed by atoms with van der Waals surface area (Å²) < 4.78 is 0.651. The van der Waals surface area contributed by atoms with Crippen molar-refractivity contribution >= 4 is 5.91 Å². The second-order valence-electron chi connectivity index (χ2n) is 10.3. The van der Waals surface area contributed by atoms with Crippen molar-refractivity contribution in [2.45, 2.75) is 69.0 Å². The Morgan fingerprint density at radius 3 is 2.17 bits per heavy atom. The van der Waals surface area contributed by atoms with Crippen LogP contribution in [-0.4, -0.2) is 39.0 Å². The van der Waals surface area contributed by atoms with Gasteiger partial charge in [0.2, 0.25) is 0 Å².